The van der Waals surface area contributed by atoms with E-state index in [0.29, 0.717) is 6.07 Å². The van der Waals surface area contributed by atoms with E-state index in [1.54, 1.807) is 0 Å². The molecule has 0 aliphatic heterocycles. The first-order chi connectivity index (χ1) is 9.10. The summed E-state index contributed by atoms with van der Waals surface area (Å²) >= 11 is 0. The van der Waals surface area contributed by atoms with Crippen molar-refractivity contribution < 1.29 is 31.4 Å². The van der Waals surface area contributed by atoms with Gasteiger partial charge < -0.3 is 5.11 Å². The summed E-state index contributed by atoms with van der Waals surface area (Å²) < 4.78 is 75.5. The lowest BCUT2D eigenvalue weighted by molar-refractivity contribution is -0.141. The topological polar surface area (TPSA) is 50.9 Å². The van der Waals surface area contributed by atoms with Crippen molar-refractivity contribution in [3.05, 3.63) is 35.7 Å². The number of pyridine rings is 1. The van der Waals surface area contributed by atoms with Crippen molar-refractivity contribution in [3.63, 3.8) is 0 Å². The molecule has 0 fully saturated rings. The van der Waals surface area contributed by atoms with Crippen LogP contribution in [-0.4, -0.2) is 19.9 Å². The minimum absolute atomic E-state index is 0.0889. The second kappa shape index (κ2) is 4.39. The normalized spacial score (nSPS) is 12.7. The van der Waals surface area contributed by atoms with Gasteiger partial charge in [0, 0.05) is 12.3 Å². The number of hydrogen-bond donors (Lipinski definition) is 1. The zero-order valence-electron chi connectivity index (χ0n) is 9.37. The Morgan fingerprint density at radius 3 is 2.20 bits per heavy atom. The lowest BCUT2D eigenvalue weighted by atomic mass is 10.2. The van der Waals surface area contributed by atoms with Gasteiger partial charge in [0.1, 0.15) is 5.56 Å². The van der Waals surface area contributed by atoms with Crippen LogP contribution in [0.25, 0.3) is 5.82 Å². The summed E-state index contributed by atoms with van der Waals surface area (Å²) in [5.41, 5.74) is -2.83. The predicted octanol–water partition coefficient (Wildman–Crippen LogP) is 3.01. The van der Waals surface area contributed by atoms with Crippen molar-refractivity contribution in [2.45, 2.75) is 12.4 Å². The third-order valence-electron chi connectivity index (χ3n) is 2.27. The van der Waals surface area contributed by atoms with E-state index in [1.165, 1.54) is 0 Å². The molecule has 0 aliphatic rings. The van der Waals surface area contributed by atoms with E-state index in [-0.39, 0.29) is 10.7 Å². The fraction of sp³-hybridized carbons (Fsp3) is 0.200. The summed E-state index contributed by atoms with van der Waals surface area (Å²) in [4.78, 5) is 3.32. The molecular formula is C10H5F6N3O. The third kappa shape index (κ3) is 2.53. The number of alkyl halides is 6. The second-order valence-electron chi connectivity index (χ2n) is 3.67. The number of hydrogen-bond acceptors (Lipinski definition) is 3. The Labute approximate surface area is 107 Å². The highest BCUT2D eigenvalue weighted by Crippen LogP contribution is 2.36. The van der Waals surface area contributed by atoms with E-state index in [1.807, 2.05) is 0 Å². The summed E-state index contributed by atoms with van der Waals surface area (Å²) in [6.07, 6.45) is -8.80. The van der Waals surface area contributed by atoms with Crippen molar-refractivity contribution >= 4 is 0 Å². The number of halogens is 6. The first kappa shape index (κ1) is 14.2. The van der Waals surface area contributed by atoms with E-state index in [2.05, 4.69) is 10.1 Å². The van der Waals surface area contributed by atoms with E-state index < -0.39 is 35.3 Å². The molecule has 20 heavy (non-hydrogen) atoms. The standard InChI is InChI=1S/C10H5F6N3O/c11-9(12,13)5-2-1-3-17-8(5)19-7(20)4-6(18-19)10(14,15)16/h1-4,20H. The number of aromatic hydroxyl groups is 1. The lowest BCUT2D eigenvalue weighted by Crippen LogP contribution is -2.14. The highest BCUT2D eigenvalue weighted by atomic mass is 19.4. The zero-order valence-corrected chi connectivity index (χ0v) is 9.37. The van der Waals surface area contributed by atoms with Crippen LogP contribution in [0, 0.1) is 0 Å². The van der Waals surface area contributed by atoms with Crippen molar-refractivity contribution in [2.75, 3.05) is 0 Å². The van der Waals surface area contributed by atoms with Gasteiger partial charge in [0.15, 0.2) is 11.5 Å². The average Bonchev–Trinajstić information content (AvgIpc) is 2.70. The molecule has 2 heterocycles. The second-order valence-corrected chi connectivity index (χ2v) is 3.67. The van der Waals surface area contributed by atoms with E-state index in [4.69, 9.17) is 0 Å². The number of rotatable bonds is 1. The van der Waals surface area contributed by atoms with Crippen LogP contribution in [-0.2, 0) is 12.4 Å². The van der Waals surface area contributed by atoms with Crippen LogP contribution in [0.1, 0.15) is 11.3 Å². The van der Waals surface area contributed by atoms with Gasteiger partial charge in [0.2, 0.25) is 5.88 Å². The van der Waals surface area contributed by atoms with Crippen LogP contribution in [0.4, 0.5) is 26.3 Å². The summed E-state index contributed by atoms with van der Waals surface area (Å²) in [5, 5.41) is 12.2. The van der Waals surface area contributed by atoms with E-state index in [0.717, 1.165) is 12.3 Å². The predicted molar refractivity (Wildman–Crippen MR) is 53.0 cm³/mol. The highest BCUT2D eigenvalue weighted by molar-refractivity contribution is 5.38. The molecule has 0 bridgehead atoms. The van der Waals surface area contributed by atoms with Crippen LogP contribution in [0.3, 0.4) is 0 Å². The molecule has 0 radical (unpaired) electrons. The Kier molecular flexibility index (Phi) is 3.11. The van der Waals surface area contributed by atoms with Crippen LogP contribution >= 0.6 is 0 Å². The Morgan fingerprint density at radius 2 is 1.70 bits per heavy atom. The van der Waals surface area contributed by atoms with Crippen LogP contribution in [0.15, 0.2) is 24.4 Å². The summed E-state index contributed by atoms with van der Waals surface area (Å²) in [6.45, 7) is 0. The Hall–Kier alpha value is -2.26. The molecule has 0 spiro atoms. The van der Waals surface area contributed by atoms with Gasteiger partial charge in [-0.15, -0.1) is 0 Å². The van der Waals surface area contributed by atoms with Crippen molar-refractivity contribution in [2.24, 2.45) is 0 Å². The molecule has 0 aromatic carbocycles. The van der Waals surface area contributed by atoms with Gasteiger partial charge in [0.05, 0.1) is 0 Å². The number of aromatic nitrogens is 3. The van der Waals surface area contributed by atoms with E-state index >= 15 is 0 Å². The molecule has 10 heteroatoms. The maximum atomic E-state index is 12.7. The van der Waals surface area contributed by atoms with Gasteiger partial charge in [0.25, 0.3) is 0 Å². The monoisotopic (exact) mass is 297 g/mol. The SMILES string of the molecule is Oc1cc(C(F)(F)F)nn1-c1ncccc1C(F)(F)F. The molecule has 1 N–H and O–H groups in total. The van der Waals surface area contributed by atoms with Gasteiger partial charge in [-0.05, 0) is 12.1 Å². The van der Waals surface area contributed by atoms with Crippen molar-refractivity contribution in [1.29, 1.82) is 0 Å². The van der Waals surface area contributed by atoms with Crippen molar-refractivity contribution in [1.82, 2.24) is 14.8 Å². The molecule has 2 aromatic rings. The molecule has 108 valence electrons. The molecule has 0 saturated heterocycles. The highest BCUT2D eigenvalue weighted by Gasteiger charge is 2.38. The molecule has 0 saturated carbocycles. The summed E-state index contributed by atoms with van der Waals surface area (Å²) in [7, 11) is 0. The zero-order chi connectivity index (χ0) is 15.1. The Morgan fingerprint density at radius 1 is 1.05 bits per heavy atom. The molecule has 0 amide bonds. The fourth-order valence-corrected chi connectivity index (χ4v) is 1.45. The van der Waals surface area contributed by atoms with Crippen molar-refractivity contribution in [3.8, 4) is 11.7 Å². The van der Waals surface area contributed by atoms with Gasteiger partial charge >= 0.3 is 12.4 Å². The van der Waals surface area contributed by atoms with Gasteiger partial charge in [-0.25, -0.2) is 4.98 Å². The molecule has 0 unspecified atom stereocenters. The minimum atomic E-state index is -4.89. The maximum Gasteiger partial charge on any atom is 0.435 e. The third-order valence-corrected chi connectivity index (χ3v) is 2.27. The maximum absolute atomic E-state index is 12.7. The fourth-order valence-electron chi connectivity index (χ4n) is 1.45. The Balaban J connectivity index is 2.62. The quantitative estimate of drug-likeness (QED) is 0.823. The van der Waals surface area contributed by atoms with Gasteiger partial charge in [-0.1, -0.05) is 0 Å². The molecule has 0 aliphatic carbocycles. The average molecular weight is 297 g/mol. The molecule has 4 nitrogen and oxygen atoms in total. The van der Waals surface area contributed by atoms with E-state index in [9.17, 15) is 31.4 Å². The lowest BCUT2D eigenvalue weighted by Gasteiger charge is -2.11. The largest absolute Gasteiger partial charge is 0.493 e. The minimum Gasteiger partial charge on any atom is -0.493 e. The van der Waals surface area contributed by atoms with Gasteiger partial charge in [-0.2, -0.15) is 36.1 Å². The van der Waals surface area contributed by atoms with Crippen LogP contribution in [0.2, 0.25) is 0 Å². The van der Waals surface area contributed by atoms with Crippen LogP contribution in [0.5, 0.6) is 5.88 Å². The molecule has 0 atom stereocenters. The first-order valence-corrected chi connectivity index (χ1v) is 4.99. The molecule has 2 rings (SSSR count). The number of nitrogens with zero attached hydrogens (tertiary/aromatic N) is 3. The Bertz CT molecular complexity index is 631. The van der Waals surface area contributed by atoms with Gasteiger partial charge in [-0.3, -0.25) is 0 Å². The van der Waals surface area contributed by atoms with Crippen LogP contribution < -0.4 is 0 Å². The molecular weight excluding hydrogens is 292 g/mol. The summed E-state index contributed by atoms with van der Waals surface area (Å²) in [6, 6.07) is 1.81. The smallest absolute Gasteiger partial charge is 0.435 e. The summed E-state index contributed by atoms with van der Waals surface area (Å²) in [5.74, 6) is -2.03. The molecule has 2 aromatic heterocycles. The first-order valence-electron chi connectivity index (χ1n) is 4.99.